The van der Waals surface area contributed by atoms with Crippen LogP contribution >= 0.6 is 11.3 Å². The maximum absolute atomic E-state index is 13.8. The van der Waals surface area contributed by atoms with Crippen molar-refractivity contribution in [3.8, 4) is 17.2 Å². The van der Waals surface area contributed by atoms with Crippen molar-refractivity contribution >= 4 is 38.4 Å². The topological polar surface area (TPSA) is 118 Å². The lowest BCUT2D eigenvalue weighted by Gasteiger charge is -2.26. The van der Waals surface area contributed by atoms with E-state index in [2.05, 4.69) is 4.98 Å². The smallest absolute Gasteiger partial charge is 0.296 e. The number of ketones is 1. The van der Waals surface area contributed by atoms with Gasteiger partial charge in [-0.1, -0.05) is 29.5 Å². The number of anilines is 1. The maximum Gasteiger partial charge on any atom is 0.296 e. The Balaban J connectivity index is 1.67. The average molecular weight is 533 g/mol. The standard InChI is InChI=1S/C28H24N2O7S/c1-35-17-9-7-16(8-10-17)25(32)23-24(19-5-3-4-6-21(19)37-14-13-31)30(27(34)26(23)33)28-29-20-15-18(36-2)11-12-22(20)38-28/h3-12,15,24,31,33H,13-14H2,1-2H3. The van der Waals surface area contributed by atoms with Gasteiger partial charge in [0.15, 0.2) is 16.7 Å². The number of thiazole rings is 1. The number of aliphatic hydroxyl groups excluding tert-OH is 2. The van der Waals surface area contributed by atoms with Gasteiger partial charge in [0.25, 0.3) is 5.91 Å². The summed E-state index contributed by atoms with van der Waals surface area (Å²) in [5, 5.41) is 20.7. The third-order valence-corrected chi connectivity index (χ3v) is 7.19. The van der Waals surface area contributed by atoms with E-state index in [0.29, 0.717) is 33.5 Å². The molecule has 38 heavy (non-hydrogen) atoms. The number of rotatable bonds is 9. The minimum atomic E-state index is -1.03. The molecule has 0 radical (unpaired) electrons. The van der Waals surface area contributed by atoms with E-state index in [1.165, 1.54) is 23.3 Å². The summed E-state index contributed by atoms with van der Waals surface area (Å²) >= 11 is 1.25. The van der Waals surface area contributed by atoms with Gasteiger partial charge in [-0.05, 0) is 42.5 Å². The van der Waals surface area contributed by atoms with Crippen LogP contribution in [0.3, 0.4) is 0 Å². The van der Waals surface area contributed by atoms with Crippen LogP contribution in [0.1, 0.15) is 22.0 Å². The highest BCUT2D eigenvalue weighted by molar-refractivity contribution is 7.22. The fourth-order valence-electron chi connectivity index (χ4n) is 4.35. The second-order valence-corrected chi connectivity index (χ2v) is 9.35. The van der Waals surface area contributed by atoms with Crippen molar-refractivity contribution < 1.29 is 34.0 Å². The number of Topliss-reactive ketones (excluding diaryl/α,β-unsaturated/α-hetero) is 1. The van der Waals surface area contributed by atoms with Crippen LogP contribution in [0.15, 0.2) is 78.1 Å². The second kappa shape index (κ2) is 10.5. The molecule has 0 bridgehead atoms. The predicted octanol–water partition coefficient (Wildman–Crippen LogP) is 4.47. The molecule has 0 saturated carbocycles. The van der Waals surface area contributed by atoms with Crippen molar-refractivity contribution in [2.24, 2.45) is 0 Å². The molecule has 9 nitrogen and oxygen atoms in total. The summed E-state index contributed by atoms with van der Waals surface area (Å²) in [5.74, 6) is -0.405. The number of amides is 1. The number of carbonyl (C=O) groups is 2. The largest absolute Gasteiger partial charge is 0.503 e. The van der Waals surface area contributed by atoms with Crippen molar-refractivity contribution in [3.05, 3.63) is 89.2 Å². The molecule has 2 heterocycles. The quantitative estimate of drug-likeness (QED) is 0.303. The monoisotopic (exact) mass is 532 g/mol. The molecule has 0 aliphatic carbocycles. The third-order valence-electron chi connectivity index (χ3n) is 6.16. The second-order valence-electron chi connectivity index (χ2n) is 8.34. The zero-order valence-corrected chi connectivity index (χ0v) is 21.4. The molecule has 194 valence electrons. The van der Waals surface area contributed by atoms with Gasteiger partial charge in [-0.25, -0.2) is 4.98 Å². The zero-order chi connectivity index (χ0) is 26.8. The molecule has 4 aromatic rings. The first kappa shape index (κ1) is 25.2. The number of nitrogens with zero attached hydrogens (tertiary/aromatic N) is 2. The van der Waals surface area contributed by atoms with E-state index >= 15 is 0 Å². The fourth-order valence-corrected chi connectivity index (χ4v) is 5.32. The molecule has 1 aliphatic rings. The molecule has 1 aromatic heterocycles. The van der Waals surface area contributed by atoms with Crippen molar-refractivity contribution in [3.63, 3.8) is 0 Å². The van der Waals surface area contributed by atoms with Gasteiger partial charge in [0, 0.05) is 17.2 Å². The number of aliphatic hydroxyl groups is 2. The number of hydrogen-bond acceptors (Lipinski definition) is 9. The summed E-state index contributed by atoms with van der Waals surface area (Å²) in [6.45, 7) is -0.212. The number of benzene rings is 3. The SMILES string of the molecule is COc1ccc(C(=O)C2=C(O)C(=O)N(c3nc4cc(OC)ccc4s3)C2c2ccccc2OCCO)cc1. The van der Waals surface area contributed by atoms with Crippen LogP contribution in [0.4, 0.5) is 5.13 Å². The lowest BCUT2D eigenvalue weighted by Crippen LogP contribution is -2.31. The first-order valence-electron chi connectivity index (χ1n) is 11.7. The van der Waals surface area contributed by atoms with Crippen LogP contribution in [0.25, 0.3) is 10.2 Å². The van der Waals surface area contributed by atoms with Crippen molar-refractivity contribution in [2.45, 2.75) is 6.04 Å². The molecule has 0 saturated heterocycles. The summed E-state index contributed by atoms with van der Waals surface area (Å²) in [5.41, 5.74) is 1.24. The van der Waals surface area contributed by atoms with E-state index < -0.39 is 23.5 Å². The van der Waals surface area contributed by atoms with Crippen LogP contribution in [-0.4, -0.2) is 54.3 Å². The van der Waals surface area contributed by atoms with Crippen LogP contribution in [-0.2, 0) is 4.79 Å². The highest BCUT2D eigenvalue weighted by atomic mass is 32.1. The number of carbonyl (C=O) groups excluding carboxylic acids is 2. The van der Waals surface area contributed by atoms with Gasteiger partial charge in [0.1, 0.15) is 29.9 Å². The summed E-state index contributed by atoms with van der Waals surface area (Å²) in [6, 6.07) is 17.6. The van der Waals surface area contributed by atoms with Gasteiger partial charge in [0.2, 0.25) is 0 Å². The highest BCUT2D eigenvalue weighted by Crippen LogP contribution is 2.46. The van der Waals surface area contributed by atoms with Crippen molar-refractivity contribution in [1.29, 1.82) is 0 Å². The predicted molar refractivity (Wildman–Crippen MR) is 142 cm³/mol. The molecule has 0 fully saturated rings. The summed E-state index contributed by atoms with van der Waals surface area (Å²) < 4.78 is 17.0. The van der Waals surface area contributed by atoms with E-state index in [9.17, 15) is 19.8 Å². The molecule has 1 amide bonds. The summed E-state index contributed by atoms with van der Waals surface area (Å²) in [6.07, 6.45) is 0. The molecular formula is C28H24N2O7S. The summed E-state index contributed by atoms with van der Waals surface area (Å²) in [4.78, 5) is 33.3. The number of methoxy groups -OCH3 is 2. The first-order valence-corrected chi connectivity index (χ1v) is 12.5. The molecule has 1 unspecified atom stereocenters. The van der Waals surface area contributed by atoms with Gasteiger partial charge < -0.3 is 24.4 Å². The molecule has 0 spiro atoms. The van der Waals surface area contributed by atoms with E-state index in [4.69, 9.17) is 14.2 Å². The maximum atomic E-state index is 13.8. The molecule has 3 aromatic carbocycles. The van der Waals surface area contributed by atoms with E-state index in [-0.39, 0.29) is 24.4 Å². The Kier molecular flexibility index (Phi) is 6.99. The minimum absolute atomic E-state index is 0.00999. The number of aromatic nitrogens is 1. The van der Waals surface area contributed by atoms with Gasteiger partial charge in [-0.2, -0.15) is 0 Å². The molecule has 2 N–H and O–H groups in total. The third kappa shape index (κ3) is 4.44. The van der Waals surface area contributed by atoms with Crippen molar-refractivity contribution in [2.75, 3.05) is 32.3 Å². The van der Waals surface area contributed by atoms with Crippen LogP contribution < -0.4 is 19.1 Å². The Labute approximate surface area is 222 Å². The summed E-state index contributed by atoms with van der Waals surface area (Å²) in [7, 11) is 3.07. The molecule has 5 rings (SSSR count). The van der Waals surface area contributed by atoms with Crippen LogP contribution in [0.5, 0.6) is 17.2 Å². The number of para-hydroxylation sites is 1. The van der Waals surface area contributed by atoms with Crippen molar-refractivity contribution in [1.82, 2.24) is 4.98 Å². The fraction of sp³-hybridized carbons (Fsp3) is 0.179. The number of ether oxygens (including phenoxy) is 3. The Hall–Kier alpha value is -4.41. The Bertz CT molecular complexity index is 1540. The Morgan fingerprint density at radius 3 is 2.45 bits per heavy atom. The van der Waals surface area contributed by atoms with E-state index in [0.717, 1.165) is 4.70 Å². The Morgan fingerprint density at radius 1 is 1.03 bits per heavy atom. The van der Waals surface area contributed by atoms with E-state index in [1.807, 2.05) is 6.07 Å². The molecule has 1 aliphatic heterocycles. The van der Waals surface area contributed by atoms with Crippen LogP contribution in [0, 0.1) is 0 Å². The number of hydrogen-bond donors (Lipinski definition) is 2. The molecule has 1 atom stereocenters. The zero-order valence-electron chi connectivity index (χ0n) is 20.6. The van der Waals surface area contributed by atoms with Gasteiger partial charge in [-0.3, -0.25) is 14.5 Å². The van der Waals surface area contributed by atoms with Crippen LogP contribution in [0.2, 0.25) is 0 Å². The van der Waals surface area contributed by atoms with Gasteiger partial charge in [0.05, 0.1) is 36.6 Å². The highest BCUT2D eigenvalue weighted by Gasteiger charge is 2.47. The average Bonchev–Trinajstić information content (AvgIpc) is 3.49. The first-order chi connectivity index (χ1) is 18.5. The lowest BCUT2D eigenvalue weighted by molar-refractivity contribution is -0.117. The molecule has 10 heteroatoms. The number of fused-ring (bicyclic) bond motifs is 1. The normalized spacial score (nSPS) is 15.3. The Morgan fingerprint density at radius 2 is 1.74 bits per heavy atom. The van der Waals surface area contributed by atoms with Gasteiger partial charge in [-0.15, -0.1) is 0 Å². The minimum Gasteiger partial charge on any atom is -0.503 e. The lowest BCUT2D eigenvalue weighted by atomic mass is 9.92. The van der Waals surface area contributed by atoms with E-state index in [1.54, 1.807) is 67.8 Å². The molecular weight excluding hydrogens is 508 g/mol. The van der Waals surface area contributed by atoms with Gasteiger partial charge >= 0.3 is 0 Å².